The molecule has 6 heteroatoms. The van der Waals surface area contributed by atoms with Crippen molar-refractivity contribution in [3.8, 4) is 11.4 Å². The molecular formula is C16H15ClN4O. The molecule has 1 aromatic carbocycles. The second-order valence-corrected chi connectivity index (χ2v) is 6.02. The number of fused-ring (bicyclic) bond motifs is 2. The van der Waals surface area contributed by atoms with E-state index in [2.05, 4.69) is 15.0 Å². The molecule has 0 unspecified atom stereocenters. The van der Waals surface area contributed by atoms with Gasteiger partial charge in [0.25, 0.3) is 5.56 Å². The first-order chi connectivity index (χ1) is 10.7. The van der Waals surface area contributed by atoms with E-state index >= 15 is 0 Å². The van der Waals surface area contributed by atoms with Gasteiger partial charge in [0.1, 0.15) is 11.6 Å². The summed E-state index contributed by atoms with van der Waals surface area (Å²) in [5.41, 5.74) is 1.77. The molecule has 2 aromatic heterocycles. The van der Waals surface area contributed by atoms with Crippen LogP contribution < -0.4 is 5.56 Å². The maximum absolute atomic E-state index is 12.7. The van der Waals surface area contributed by atoms with Gasteiger partial charge in [-0.05, 0) is 25.0 Å². The smallest absolute Gasteiger partial charge is 0.281 e. The lowest BCUT2D eigenvalue weighted by Gasteiger charge is -2.06. The Morgan fingerprint density at radius 2 is 2.09 bits per heavy atom. The summed E-state index contributed by atoms with van der Waals surface area (Å²) in [7, 11) is 0. The monoisotopic (exact) mass is 314 g/mol. The fourth-order valence-electron chi connectivity index (χ4n) is 2.95. The quantitative estimate of drug-likeness (QED) is 0.750. The Labute approximate surface area is 132 Å². The minimum absolute atomic E-state index is 0.0496. The molecule has 0 spiro atoms. The van der Waals surface area contributed by atoms with Crippen LogP contribution in [0.15, 0.2) is 29.1 Å². The third kappa shape index (κ3) is 2.22. The van der Waals surface area contributed by atoms with E-state index in [0.717, 1.165) is 43.6 Å². The van der Waals surface area contributed by atoms with E-state index in [1.807, 2.05) is 24.3 Å². The average Bonchev–Trinajstić information content (AvgIpc) is 2.79. The predicted molar refractivity (Wildman–Crippen MR) is 86.1 cm³/mol. The van der Waals surface area contributed by atoms with Gasteiger partial charge in [-0.3, -0.25) is 9.36 Å². The number of hydrogen-bond donors (Lipinski definition) is 1. The topological polar surface area (TPSA) is 63.6 Å². The molecule has 0 atom stereocenters. The Balaban J connectivity index is 1.91. The second-order valence-electron chi connectivity index (χ2n) is 5.59. The third-order valence-electron chi connectivity index (χ3n) is 4.07. The number of nitrogens with one attached hydrogen (secondary N) is 1. The molecule has 1 N–H and O–H groups in total. The highest BCUT2D eigenvalue weighted by Gasteiger charge is 2.17. The fraction of sp³-hybridized carbons (Fsp3) is 0.312. The minimum Gasteiger partial charge on any atom is -0.322 e. The van der Waals surface area contributed by atoms with Crippen molar-refractivity contribution in [1.82, 2.24) is 19.5 Å². The molecule has 1 aliphatic rings. The number of nitrogens with zero attached hydrogens (tertiary/aromatic N) is 3. The molecule has 0 bridgehead atoms. The largest absolute Gasteiger partial charge is 0.322 e. The van der Waals surface area contributed by atoms with Gasteiger partial charge in [0.2, 0.25) is 0 Å². The standard InChI is InChI=1S/C16H15ClN4O/c17-11-6-4-5-10(9-11)14-19-13-15(20-14)18-12-7-2-1-3-8-21(12)16(13)22/h4-6,9H,1-3,7-8H2,(H,19,20). The van der Waals surface area contributed by atoms with Crippen molar-refractivity contribution < 1.29 is 0 Å². The van der Waals surface area contributed by atoms with Crippen molar-refractivity contribution in [3.63, 3.8) is 0 Å². The van der Waals surface area contributed by atoms with E-state index in [4.69, 9.17) is 11.6 Å². The summed E-state index contributed by atoms with van der Waals surface area (Å²) in [5, 5.41) is 0.637. The zero-order valence-electron chi connectivity index (χ0n) is 12.0. The van der Waals surface area contributed by atoms with Gasteiger partial charge >= 0.3 is 0 Å². The van der Waals surface area contributed by atoms with Crippen molar-refractivity contribution in [2.45, 2.75) is 32.2 Å². The zero-order valence-corrected chi connectivity index (χ0v) is 12.7. The Bertz CT molecular complexity index is 912. The molecule has 0 saturated carbocycles. The summed E-state index contributed by atoms with van der Waals surface area (Å²) in [5.74, 6) is 1.49. The van der Waals surface area contributed by atoms with Gasteiger partial charge in [0.15, 0.2) is 11.2 Å². The number of aromatic amines is 1. The fourth-order valence-corrected chi connectivity index (χ4v) is 3.14. The maximum Gasteiger partial charge on any atom is 0.281 e. The van der Waals surface area contributed by atoms with Gasteiger partial charge in [-0.25, -0.2) is 9.97 Å². The van der Waals surface area contributed by atoms with Crippen LogP contribution in [-0.2, 0) is 13.0 Å². The van der Waals surface area contributed by atoms with Crippen LogP contribution >= 0.6 is 11.6 Å². The Hall–Kier alpha value is -2.14. The molecule has 0 amide bonds. The van der Waals surface area contributed by atoms with Crippen molar-refractivity contribution in [1.29, 1.82) is 0 Å². The molecule has 3 aromatic rings. The molecule has 0 fully saturated rings. The van der Waals surface area contributed by atoms with E-state index in [-0.39, 0.29) is 5.56 Å². The molecular weight excluding hydrogens is 300 g/mol. The molecule has 0 saturated heterocycles. The molecule has 112 valence electrons. The number of hydrogen-bond acceptors (Lipinski definition) is 3. The average molecular weight is 315 g/mol. The van der Waals surface area contributed by atoms with E-state index in [1.165, 1.54) is 0 Å². The number of halogens is 1. The summed E-state index contributed by atoms with van der Waals surface area (Å²) in [6, 6.07) is 7.40. The van der Waals surface area contributed by atoms with Crippen LogP contribution in [0.3, 0.4) is 0 Å². The summed E-state index contributed by atoms with van der Waals surface area (Å²) in [4.78, 5) is 24.9. The molecule has 4 rings (SSSR count). The third-order valence-corrected chi connectivity index (χ3v) is 4.30. The SMILES string of the molecule is O=c1c2nc(-c3cccc(Cl)c3)[nH]c2nc2n1CCCCC2. The van der Waals surface area contributed by atoms with Crippen molar-refractivity contribution in [3.05, 3.63) is 45.5 Å². The molecule has 0 radical (unpaired) electrons. The highest BCUT2D eigenvalue weighted by molar-refractivity contribution is 6.30. The van der Waals surface area contributed by atoms with E-state index in [1.54, 1.807) is 4.57 Å². The van der Waals surface area contributed by atoms with Crippen LogP contribution in [0.5, 0.6) is 0 Å². The summed E-state index contributed by atoms with van der Waals surface area (Å²) >= 11 is 6.02. The number of benzene rings is 1. The number of aromatic nitrogens is 4. The van der Waals surface area contributed by atoms with E-state index in [0.29, 0.717) is 22.0 Å². The van der Waals surface area contributed by atoms with Gasteiger partial charge in [-0.15, -0.1) is 0 Å². The molecule has 22 heavy (non-hydrogen) atoms. The Kier molecular flexibility index (Phi) is 3.22. The van der Waals surface area contributed by atoms with Gasteiger partial charge in [-0.1, -0.05) is 30.2 Å². The lowest BCUT2D eigenvalue weighted by Crippen LogP contribution is -2.24. The summed E-state index contributed by atoms with van der Waals surface area (Å²) in [6.07, 6.45) is 4.08. The van der Waals surface area contributed by atoms with Gasteiger partial charge in [0, 0.05) is 23.6 Å². The minimum atomic E-state index is -0.0496. The zero-order chi connectivity index (χ0) is 15.1. The lowest BCUT2D eigenvalue weighted by molar-refractivity contribution is 0.613. The molecule has 1 aliphatic heterocycles. The number of aryl methyl sites for hydroxylation is 1. The second kappa shape index (κ2) is 5.25. The van der Waals surface area contributed by atoms with Crippen molar-refractivity contribution in [2.75, 3.05) is 0 Å². The van der Waals surface area contributed by atoms with Crippen LogP contribution in [0.4, 0.5) is 0 Å². The van der Waals surface area contributed by atoms with E-state index in [9.17, 15) is 4.79 Å². The van der Waals surface area contributed by atoms with Gasteiger partial charge in [-0.2, -0.15) is 0 Å². The summed E-state index contributed by atoms with van der Waals surface area (Å²) < 4.78 is 1.78. The first-order valence-corrected chi connectivity index (χ1v) is 7.85. The number of H-pyrrole nitrogens is 1. The highest BCUT2D eigenvalue weighted by atomic mass is 35.5. The predicted octanol–water partition coefficient (Wildman–Crippen LogP) is 3.17. The normalized spacial score (nSPS) is 14.8. The van der Waals surface area contributed by atoms with E-state index < -0.39 is 0 Å². The molecule has 3 heterocycles. The van der Waals surface area contributed by atoms with Crippen LogP contribution in [-0.4, -0.2) is 19.5 Å². The number of rotatable bonds is 1. The van der Waals surface area contributed by atoms with Crippen molar-refractivity contribution >= 4 is 22.8 Å². The Morgan fingerprint density at radius 3 is 2.95 bits per heavy atom. The highest BCUT2D eigenvalue weighted by Crippen LogP contribution is 2.22. The Morgan fingerprint density at radius 1 is 1.18 bits per heavy atom. The summed E-state index contributed by atoms with van der Waals surface area (Å²) in [6.45, 7) is 0.733. The van der Waals surface area contributed by atoms with Gasteiger partial charge < -0.3 is 4.98 Å². The number of imidazole rings is 1. The molecule has 5 nitrogen and oxygen atoms in total. The van der Waals surface area contributed by atoms with Crippen LogP contribution in [0, 0.1) is 0 Å². The molecule has 0 aliphatic carbocycles. The lowest BCUT2D eigenvalue weighted by atomic mass is 10.2. The maximum atomic E-state index is 12.7. The van der Waals surface area contributed by atoms with Gasteiger partial charge in [0.05, 0.1) is 0 Å². The first kappa shape index (κ1) is 13.5. The first-order valence-electron chi connectivity index (χ1n) is 7.48. The van der Waals surface area contributed by atoms with Crippen LogP contribution in [0.2, 0.25) is 5.02 Å². The van der Waals surface area contributed by atoms with Crippen molar-refractivity contribution in [2.24, 2.45) is 0 Å². The van der Waals surface area contributed by atoms with Crippen LogP contribution in [0.25, 0.3) is 22.6 Å². The van der Waals surface area contributed by atoms with Crippen LogP contribution in [0.1, 0.15) is 25.1 Å².